The monoisotopic (exact) mass is 320 g/mol. The molecule has 0 saturated carbocycles. The lowest BCUT2D eigenvalue weighted by atomic mass is 10.1. The predicted molar refractivity (Wildman–Crippen MR) is 95.0 cm³/mol. The summed E-state index contributed by atoms with van der Waals surface area (Å²) in [6.45, 7) is 1.57. The van der Waals surface area contributed by atoms with Gasteiger partial charge in [0.2, 0.25) is 0 Å². The third-order valence-electron chi connectivity index (χ3n) is 4.45. The highest BCUT2D eigenvalue weighted by Gasteiger charge is 2.13. The van der Waals surface area contributed by atoms with Crippen molar-refractivity contribution in [2.45, 2.75) is 32.4 Å². The Morgan fingerprint density at radius 1 is 1.21 bits per heavy atom. The number of hydrogen-bond acceptors (Lipinski definition) is 3. The number of hydrogen-bond donors (Lipinski definition) is 2. The second kappa shape index (κ2) is 6.35. The smallest absolute Gasteiger partial charge is 0.252 e. The van der Waals surface area contributed by atoms with Crippen LogP contribution in [0.3, 0.4) is 0 Å². The topological polar surface area (TPSA) is 62.7 Å². The maximum absolute atomic E-state index is 11.7. The Balaban J connectivity index is 1.54. The average molecular weight is 320 g/mol. The van der Waals surface area contributed by atoms with Crippen molar-refractivity contribution in [2.24, 2.45) is 0 Å². The molecule has 4 rings (SSSR count). The van der Waals surface area contributed by atoms with Gasteiger partial charge in [-0.05, 0) is 31.0 Å². The summed E-state index contributed by atoms with van der Waals surface area (Å²) in [4.78, 5) is 19.2. The molecule has 1 aliphatic heterocycles. The number of rotatable bonds is 4. The van der Waals surface area contributed by atoms with E-state index >= 15 is 0 Å². The summed E-state index contributed by atoms with van der Waals surface area (Å²) in [7, 11) is 0. The summed E-state index contributed by atoms with van der Waals surface area (Å²) in [5.41, 5.74) is 3.78. The van der Waals surface area contributed by atoms with Crippen molar-refractivity contribution < 1.29 is 0 Å². The van der Waals surface area contributed by atoms with Gasteiger partial charge in [-0.15, -0.1) is 0 Å². The zero-order valence-electron chi connectivity index (χ0n) is 13.5. The van der Waals surface area contributed by atoms with Gasteiger partial charge in [-0.2, -0.15) is 0 Å². The van der Waals surface area contributed by atoms with Crippen molar-refractivity contribution in [3.05, 3.63) is 70.5 Å². The van der Waals surface area contributed by atoms with Gasteiger partial charge < -0.3 is 14.9 Å². The van der Waals surface area contributed by atoms with Crippen molar-refractivity contribution in [3.63, 3.8) is 0 Å². The molecule has 0 amide bonds. The van der Waals surface area contributed by atoms with Crippen LogP contribution in [0.25, 0.3) is 11.3 Å². The van der Waals surface area contributed by atoms with Gasteiger partial charge in [-0.1, -0.05) is 18.2 Å². The van der Waals surface area contributed by atoms with E-state index in [1.165, 1.54) is 18.7 Å². The van der Waals surface area contributed by atoms with Gasteiger partial charge in [0.05, 0.1) is 5.69 Å². The Bertz CT molecular complexity index is 886. The molecule has 0 bridgehead atoms. The van der Waals surface area contributed by atoms with Crippen molar-refractivity contribution in [1.82, 2.24) is 14.5 Å². The molecule has 2 N–H and O–H groups in total. The van der Waals surface area contributed by atoms with E-state index in [0.717, 1.165) is 35.5 Å². The van der Waals surface area contributed by atoms with E-state index in [9.17, 15) is 4.79 Å². The Kier molecular flexibility index (Phi) is 3.91. The van der Waals surface area contributed by atoms with Crippen LogP contribution in [0, 0.1) is 0 Å². The number of pyridine rings is 1. The molecule has 5 nitrogen and oxygen atoms in total. The van der Waals surface area contributed by atoms with Gasteiger partial charge >= 0.3 is 0 Å². The first-order valence-electron chi connectivity index (χ1n) is 8.36. The van der Waals surface area contributed by atoms with Crippen LogP contribution < -0.4 is 10.9 Å². The summed E-state index contributed by atoms with van der Waals surface area (Å²) in [5.74, 6) is 1.19. The van der Waals surface area contributed by atoms with Crippen LogP contribution in [0.15, 0.2) is 53.6 Å². The fourth-order valence-corrected chi connectivity index (χ4v) is 3.13. The van der Waals surface area contributed by atoms with Gasteiger partial charge in [-0.3, -0.25) is 4.79 Å². The van der Waals surface area contributed by atoms with Crippen LogP contribution >= 0.6 is 0 Å². The van der Waals surface area contributed by atoms with Crippen molar-refractivity contribution in [1.29, 1.82) is 0 Å². The van der Waals surface area contributed by atoms with Gasteiger partial charge in [0.15, 0.2) is 0 Å². The number of nitrogens with zero attached hydrogens (tertiary/aromatic N) is 2. The van der Waals surface area contributed by atoms with Crippen LogP contribution in [0.5, 0.6) is 0 Å². The highest BCUT2D eigenvalue weighted by Crippen LogP contribution is 2.24. The second-order valence-corrected chi connectivity index (χ2v) is 6.15. The number of aromatic amines is 1. The molecule has 0 spiro atoms. The molecule has 5 heteroatoms. The fourth-order valence-electron chi connectivity index (χ4n) is 3.13. The maximum Gasteiger partial charge on any atom is 0.252 e. The molecule has 0 unspecified atom stereocenters. The van der Waals surface area contributed by atoms with E-state index in [-0.39, 0.29) is 5.56 Å². The molecular formula is C19H20N4O. The molecule has 0 fully saturated rings. The standard InChI is InChI=1S/C19H20N4O/c24-19-15(6-4-9-20-19)12-21-16-7-3-5-14(11-16)17-13-23-10-2-1-8-18(23)22-17/h3-7,9,11,13,21H,1-2,8,10,12H2,(H,20,24). The van der Waals surface area contributed by atoms with E-state index in [1.807, 2.05) is 24.3 Å². The Labute approximate surface area is 140 Å². The summed E-state index contributed by atoms with van der Waals surface area (Å²) in [6.07, 6.45) is 7.32. The molecular weight excluding hydrogens is 300 g/mol. The van der Waals surface area contributed by atoms with E-state index in [2.05, 4.69) is 33.2 Å². The van der Waals surface area contributed by atoms with Crippen LogP contribution in [0.2, 0.25) is 0 Å². The largest absolute Gasteiger partial charge is 0.381 e. The van der Waals surface area contributed by atoms with Crippen molar-refractivity contribution in [2.75, 3.05) is 5.32 Å². The number of benzene rings is 1. The molecule has 1 aliphatic rings. The number of anilines is 1. The molecule has 3 heterocycles. The number of aryl methyl sites for hydroxylation is 2. The first kappa shape index (κ1) is 14.8. The highest BCUT2D eigenvalue weighted by molar-refractivity contribution is 5.65. The molecule has 24 heavy (non-hydrogen) atoms. The van der Waals surface area contributed by atoms with Crippen LogP contribution in [0.4, 0.5) is 5.69 Å². The summed E-state index contributed by atoms with van der Waals surface area (Å²) < 4.78 is 2.27. The third-order valence-corrected chi connectivity index (χ3v) is 4.45. The van der Waals surface area contributed by atoms with Crippen molar-refractivity contribution in [3.8, 4) is 11.3 Å². The normalized spacial score (nSPS) is 13.5. The highest BCUT2D eigenvalue weighted by atomic mass is 16.1. The number of fused-ring (bicyclic) bond motifs is 1. The summed E-state index contributed by atoms with van der Waals surface area (Å²) in [6, 6.07) is 11.9. The Hall–Kier alpha value is -2.82. The maximum atomic E-state index is 11.7. The zero-order valence-corrected chi connectivity index (χ0v) is 13.5. The number of H-pyrrole nitrogens is 1. The van der Waals surface area contributed by atoms with E-state index in [4.69, 9.17) is 4.98 Å². The van der Waals surface area contributed by atoms with Crippen LogP contribution in [0.1, 0.15) is 24.2 Å². The quantitative estimate of drug-likeness (QED) is 0.776. The van der Waals surface area contributed by atoms with Gasteiger partial charge in [0, 0.05) is 48.7 Å². The van der Waals surface area contributed by atoms with E-state index in [0.29, 0.717) is 6.54 Å². The van der Waals surface area contributed by atoms with Crippen LogP contribution in [-0.4, -0.2) is 14.5 Å². The first-order chi connectivity index (χ1) is 11.8. The fraction of sp³-hybridized carbons (Fsp3) is 0.263. The molecule has 2 aromatic heterocycles. The SMILES string of the molecule is O=c1[nH]cccc1CNc1cccc(-c2cn3c(n2)CCCC3)c1. The lowest BCUT2D eigenvalue weighted by Gasteiger charge is -2.11. The van der Waals surface area contributed by atoms with Gasteiger partial charge in [0.25, 0.3) is 5.56 Å². The Morgan fingerprint density at radius 2 is 2.17 bits per heavy atom. The van der Waals surface area contributed by atoms with Gasteiger partial charge in [-0.25, -0.2) is 4.98 Å². The number of nitrogens with one attached hydrogen (secondary N) is 2. The van der Waals surface area contributed by atoms with Crippen molar-refractivity contribution >= 4 is 5.69 Å². The number of imidazole rings is 1. The molecule has 1 aromatic carbocycles. The molecule has 0 saturated heterocycles. The molecule has 3 aromatic rings. The predicted octanol–water partition coefficient (Wildman–Crippen LogP) is 3.19. The first-order valence-corrected chi connectivity index (χ1v) is 8.36. The second-order valence-electron chi connectivity index (χ2n) is 6.15. The molecule has 122 valence electrons. The third kappa shape index (κ3) is 2.97. The summed E-state index contributed by atoms with van der Waals surface area (Å²) >= 11 is 0. The lowest BCUT2D eigenvalue weighted by Crippen LogP contribution is -2.14. The zero-order chi connectivity index (χ0) is 16.4. The van der Waals surface area contributed by atoms with Crippen LogP contribution in [-0.2, 0) is 19.5 Å². The minimum Gasteiger partial charge on any atom is -0.381 e. The van der Waals surface area contributed by atoms with Gasteiger partial charge in [0.1, 0.15) is 5.82 Å². The average Bonchev–Trinajstić information content (AvgIpc) is 3.06. The lowest BCUT2D eigenvalue weighted by molar-refractivity contribution is 0.522. The summed E-state index contributed by atoms with van der Waals surface area (Å²) in [5, 5.41) is 3.32. The minimum atomic E-state index is -0.0528. The molecule has 0 radical (unpaired) electrons. The molecule has 0 atom stereocenters. The van der Waals surface area contributed by atoms with E-state index < -0.39 is 0 Å². The minimum absolute atomic E-state index is 0.0528. The molecule has 0 aliphatic carbocycles. The van der Waals surface area contributed by atoms with E-state index in [1.54, 1.807) is 6.20 Å². The number of aromatic nitrogens is 3. The Morgan fingerprint density at radius 3 is 3.04 bits per heavy atom.